The Morgan fingerprint density at radius 1 is 0.800 bits per heavy atom. The molecular weight excluding hydrogens is 325 g/mol. The van der Waals surface area contributed by atoms with Crippen molar-refractivity contribution >= 4 is 17.9 Å². The van der Waals surface area contributed by atoms with Gasteiger partial charge in [-0.15, -0.1) is 0 Å². The van der Waals surface area contributed by atoms with Gasteiger partial charge >= 0.3 is 0 Å². The molecule has 0 saturated heterocycles. The summed E-state index contributed by atoms with van der Waals surface area (Å²) in [5.74, 6) is 0. The summed E-state index contributed by atoms with van der Waals surface area (Å²) < 4.78 is 14.1. The molecule has 0 aliphatic carbocycles. The van der Waals surface area contributed by atoms with Crippen LogP contribution in [0, 0.1) is 6.92 Å². The summed E-state index contributed by atoms with van der Waals surface area (Å²) in [5, 5.41) is 5.18. The number of hydrogen-bond donors (Lipinski definition) is 1. The molecule has 0 spiro atoms. The van der Waals surface area contributed by atoms with E-state index in [0.717, 1.165) is 17.0 Å². The molecule has 0 aliphatic heterocycles. The van der Waals surface area contributed by atoms with E-state index in [1.807, 2.05) is 60.7 Å². The molecule has 3 aromatic carbocycles. The van der Waals surface area contributed by atoms with Gasteiger partial charge in [0.25, 0.3) is 0 Å². The second-order valence-corrected chi connectivity index (χ2v) is 8.79. The molecule has 1 atom stereocenters. The van der Waals surface area contributed by atoms with Crippen LogP contribution in [0.5, 0.6) is 0 Å². The van der Waals surface area contributed by atoms with Gasteiger partial charge in [0, 0.05) is 16.7 Å². The molecule has 1 unspecified atom stereocenters. The molecule has 0 saturated carbocycles. The van der Waals surface area contributed by atoms with Crippen molar-refractivity contribution in [2.45, 2.75) is 26.3 Å². The third-order valence-corrected chi connectivity index (χ3v) is 7.19. The third kappa shape index (κ3) is 3.92. The second-order valence-electron chi connectivity index (χ2n) is 6.28. The first-order valence-electron chi connectivity index (χ1n) is 8.69. The topological polar surface area (TPSA) is 29.1 Å². The van der Waals surface area contributed by atoms with Crippen molar-refractivity contribution in [3.63, 3.8) is 0 Å². The van der Waals surface area contributed by atoms with Gasteiger partial charge in [-0.3, -0.25) is 9.65 Å². The molecule has 0 fully saturated rings. The van der Waals surface area contributed by atoms with Gasteiger partial charge in [0.2, 0.25) is 7.29 Å². The molecule has 0 radical (unpaired) electrons. The SMILES string of the molecule is CCC(NP(=O)(c1ccccc1)c1ccccc1)c1ccc(C)cc1. The maximum absolute atomic E-state index is 14.1. The van der Waals surface area contributed by atoms with Crippen LogP contribution in [0.4, 0.5) is 0 Å². The van der Waals surface area contributed by atoms with Crippen LogP contribution in [0.25, 0.3) is 0 Å². The van der Waals surface area contributed by atoms with Gasteiger partial charge in [-0.25, -0.2) is 0 Å². The van der Waals surface area contributed by atoms with Crippen molar-refractivity contribution in [1.82, 2.24) is 5.09 Å². The molecule has 0 aromatic heterocycles. The van der Waals surface area contributed by atoms with Crippen LogP contribution >= 0.6 is 7.29 Å². The monoisotopic (exact) mass is 349 g/mol. The van der Waals surface area contributed by atoms with E-state index in [4.69, 9.17) is 0 Å². The molecule has 3 rings (SSSR count). The second kappa shape index (κ2) is 7.82. The van der Waals surface area contributed by atoms with Crippen molar-refractivity contribution in [3.8, 4) is 0 Å². The van der Waals surface area contributed by atoms with Crippen LogP contribution in [-0.4, -0.2) is 0 Å². The molecule has 128 valence electrons. The zero-order valence-corrected chi connectivity index (χ0v) is 15.6. The minimum absolute atomic E-state index is 0.0341. The van der Waals surface area contributed by atoms with Gasteiger partial charge in [0.05, 0.1) is 0 Å². The highest BCUT2D eigenvalue weighted by Gasteiger charge is 2.29. The van der Waals surface area contributed by atoms with Crippen LogP contribution in [0.2, 0.25) is 0 Å². The number of benzene rings is 3. The molecule has 0 amide bonds. The van der Waals surface area contributed by atoms with Crippen LogP contribution in [-0.2, 0) is 4.57 Å². The van der Waals surface area contributed by atoms with Crippen LogP contribution in [0.1, 0.15) is 30.5 Å². The van der Waals surface area contributed by atoms with E-state index in [2.05, 4.69) is 43.2 Å². The predicted octanol–water partition coefficient (Wildman–Crippen LogP) is 4.96. The fraction of sp³-hybridized carbons (Fsp3) is 0.182. The zero-order chi connectivity index (χ0) is 17.7. The molecule has 25 heavy (non-hydrogen) atoms. The van der Waals surface area contributed by atoms with E-state index in [1.165, 1.54) is 11.1 Å². The maximum atomic E-state index is 14.1. The normalized spacial score (nSPS) is 12.7. The van der Waals surface area contributed by atoms with Crippen molar-refractivity contribution in [2.24, 2.45) is 0 Å². The zero-order valence-electron chi connectivity index (χ0n) is 14.7. The minimum Gasteiger partial charge on any atom is -0.297 e. The Bertz CT molecular complexity index is 801. The average molecular weight is 349 g/mol. The summed E-state index contributed by atoms with van der Waals surface area (Å²) in [6, 6.07) is 28.0. The third-order valence-electron chi connectivity index (χ3n) is 4.47. The van der Waals surface area contributed by atoms with E-state index in [9.17, 15) is 4.57 Å². The van der Waals surface area contributed by atoms with Crippen molar-refractivity contribution in [3.05, 3.63) is 96.1 Å². The van der Waals surface area contributed by atoms with Crippen LogP contribution in [0.15, 0.2) is 84.9 Å². The predicted molar refractivity (Wildman–Crippen MR) is 107 cm³/mol. The van der Waals surface area contributed by atoms with E-state index < -0.39 is 7.29 Å². The highest BCUT2D eigenvalue weighted by atomic mass is 31.2. The van der Waals surface area contributed by atoms with E-state index >= 15 is 0 Å². The molecule has 1 N–H and O–H groups in total. The van der Waals surface area contributed by atoms with Gasteiger partial charge in [0.1, 0.15) is 0 Å². The molecule has 0 bridgehead atoms. The fourth-order valence-corrected chi connectivity index (χ4v) is 5.54. The van der Waals surface area contributed by atoms with Gasteiger partial charge in [-0.05, 0) is 43.2 Å². The summed E-state index contributed by atoms with van der Waals surface area (Å²) in [4.78, 5) is 0. The molecular formula is C22H24NOP. The maximum Gasteiger partial charge on any atom is 0.205 e. The summed E-state index contributed by atoms with van der Waals surface area (Å²) in [5.41, 5.74) is 2.40. The van der Waals surface area contributed by atoms with Gasteiger partial charge in [-0.2, -0.15) is 0 Å². The van der Waals surface area contributed by atoms with Crippen LogP contribution < -0.4 is 15.7 Å². The minimum atomic E-state index is -2.92. The summed E-state index contributed by atoms with van der Waals surface area (Å²) in [6.45, 7) is 4.20. The number of hydrogen-bond acceptors (Lipinski definition) is 1. The molecule has 0 aliphatic rings. The highest BCUT2D eigenvalue weighted by molar-refractivity contribution is 7.76. The Balaban J connectivity index is 2.03. The number of rotatable bonds is 6. The smallest absolute Gasteiger partial charge is 0.205 e. The van der Waals surface area contributed by atoms with Crippen molar-refractivity contribution in [2.75, 3.05) is 0 Å². The molecule has 2 nitrogen and oxygen atoms in total. The van der Waals surface area contributed by atoms with Gasteiger partial charge in [0.15, 0.2) is 0 Å². The Kier molecular flexibility index (Phi) is 5.53. The number of aryl methyl sites for hydroxylation is 1. The highest BCUT2D eigenvalue weighted by Crippen LogP contribution is 2.42. The lowest BCUT2D eigenvalue weighted by Crippen LogP contribution is -2.30. The van der Waals surface area contributed by atoms with E-state index in [-0.39, 0.29) is 6.04 Å². The lowest BCUT2D eigenvalue weighted by molar-refractivity contribution is 0.555. The fourth-order valence-electron chi connectivity index (χ4n) is 2.99. The quantitative estimate of drug-likeness (QED) is 0.637. The Morgan fingerprint density at radius 3 is 1.72 bits per heavy atom. The lowest BCUT2D eigenvalue weighted by Gasteiger charge is -2.26. The Labute approximate surface area is 150 Å². The first-order valence-corrected chi connectivity index (χ1v) is 10.4. The lowest BCUT2D eigenvalue weighted by atomic mass is 10.0. The Morgan fingerprint density at radius 2 is 1.28 bits per heavy atom. The average Bonchev–Trinajstić information content (AvgIpc) is 2.68. The largest absolute Gasteiger partial charge is 0.297 e. The van der Waals surface area contributed by atoms with Crippen LogP contribution in [0.3, 0.4) is 0 Å². The van der Waals surface area contributed by atoms with E-state index in [1.54, 1.807) is 0 Å². The first kappa shape index (κ1) is 17.7. The summed E-state index contributed by atoms with van der Waals surface area (Å²) in [6.07, 6.45) is 0.868. The van der Waals surface area contributed by atoms with Gasteiger partial charge in [-0.1, -0.05) is 73.2 Å². The summed E-state index contributed by atoms with van der Waals surface area (Å²) in [7, 11) is -2.92. The first-order chi connectivity index (χ1) is 12.1. The molecule has 3 aromatic rings. The van der Waals surface area contributed by atoms with E-state index in [0.29, 0.717) is 0 Å². The molecule has 0 heterocycles. The Hall–Kier alpha value is -2.15. The summed E-state index contributed by atoms with van der Waals surface area (Å²) >= 11 is 0. The van der Waals surface area contributed by atoms with Gasteiger partial charge < -0.3 is 0 Å². The van der Waals surface area contributed by atoms with Crippen molar-refractivity contribution in [1.29, 1.82) is 0 Å². The number of nitrogens with one attached hydrogen (secondary N) is 1. The standard InChI is InChI=1S/C22H24NOP/c1-3-22(19-16-14-18(2)15-17-19)23-25(24,20-10-6-4-7-11-20)21-12-8-5-9-13-21/h4-17,22H,3H2,1-2H3,(H,23,24). The molecule has 3 heteroatoms. The van der Waals surface area contributed by atoms with Crippen molar-refractivity contribution < 1.29 is 4.57 Å².